The summed E-state index contributed by atoms with van der Waals surface area (Å²) in [7, 11) is 0. The van der Waals surface area contributed by atoms with Crippen LogP contribution in [0.15, 0.2) is 0 Å². The molecule has 26 heavy (non-hydrogen) atoms. The number of aliphatic carboxylic acids is 1. The number of carboxylic acid groups (broad SMARTS) is 1. The van der Waals surface area contributed by atoms with Gasteiger partial charge in [0.05, 0.1) is 13.2 Å². The molecule has 0 aromatic heterocycles. The molecule has 1 unspecified atom stereocenters. The van der Waals surface area contributed by atoms with E-state index in [1.807, 2.05) is 0 Å². The van der Waals surface area contributed by atoms with Crippen LogP contribution in [-0.4, -0.2) is 64.6 Å². The highest BCUT2D eigenvalue weighted by atomic mass is 16.4. The number of nitrogens with one attached hydrogen (secondary N) is 1. The molecule has 7 heteroatoms. The third kappa shape index (κ3) is 15.1. The third-order valence-electron chi connectivity index (χ3n) is 4.40. The molecule has 0 saturated carbocycles. The van der Waals surface area contributed by atoms with Crippen molar-refractivity contribution in [2.45, 2.75) is 83.8 Å². The predicted octanol–water partition coefficient (Wildman–Crippen LogP) is 2.11. The quantitative estimate of drug-likeness (QED) is 0.216. The van der Waals surface area contributed by atoms with Gasteiger partial charge >= 0.3 is 5.97 Å². The van der Waals surface area contributed by atoms with Gasteiger partial charge in [0.25, 0.3) is 0 Å². The molecule has 0 aliphatic rings. The van der Waals surface area contributed by atoms with Gasteiger partial charge in [-0.25, -0.2) is 0 Å². The monoisotopic (exact) mass is 374 g/mol. The summed E-state index contributed by atoms with van der Waals surface area (Å²) in [4.78, 5) is 23.7. The van der Waals surface area contributed by atoms with E-state index in [9.17, 15) is 14.7 Å². The molecule has 1 amide bonds. The van der Waals surface area contributed by atoms with Crippen LogP contribution in [0, 0.1) is 0 Å². The minimum absolute atomic E-state index is 0.0571. The minimum atomic E-state index is -1.23. The number of rotatable bonds is 18. The van der Waals surface area contributed by atoms with Crippen LogP contribution in [0.5, 0.6) is 0 Å². The maximum Gasteiger partial charge on any atom is 0.317 e. The smallest absolute Gasteiger partial charge is 0.317 e. The molecule has 0 bridgehead atoms. The molecule has 0 aliphatic heterocycles. The summed E-state index contributed by atoms with van der Waals surface area (Å²) in [6.07, 6.45) is 11.4. The Kier molecular flexibility index (Phi) is 16.5. The molecular weight excluding hydrogens is 336 g/mol. The number of carbonyl (C=O) groups excluding carboxylic acids is 1. The number of carbonyl (C=O) groups is 2. The van der Waals surface area contributed by atoms with Crippen LogP contribution in [0.2, 0.25) is 0 Å². The van der Waals surface area contributed by atoms with Gasteiger partial charge in [0.2, 0.25) is 5.91 Å². The summed E-state index contributed by atoms with van der Waals surface area (Å²) in [5, 5.41) is 30.0. The molecule has 0 saturated heterocycles. The lowest BCUT2D eigenvalue weighted by atomic mass is 10.1. The van der Waals surface area contributed by atoms with Gasteiger partial charge in [-0.15, -0.1) is 0 Å². The van der Waals surface area contributed by atoms with Crippen LogP contribution in [0.4, 0.5) is 0 Å². The number of unbranched alkanes of at least 4 members (excludes halogenated alkanes) is 9. The van der Waals surface area contributed by atoms with Gasteiger partial charge in [0.1, 0.15) is 6.23 Å². The topological polar surface area (TPSA) is 110 Å². The minimum Gasteiger partial charge on any atom is -0.480 e. The fourth-order valence-electron chi connectivity index (χ4n) is 2.82. The van der Waals surface area contributed by atoms with E-state index in [1.165, 1.54) is 49.8 Å². The zero-order chi connectivity index (χ0) is 19.6. The standard InChI is InChI=1S/C19H38N2O5/c1-2-3-4-5-6-7-8-9-10-11-12-17(23)20-13-14-21(15-19(25)26)18(24)16-22/h18,22,24H,2-16H2,1H3,(H,20,23)(H,25,26). The highest BCUT2D eigenvalue weighted by Gasteiger charge is 2.17. The fourth-order valence-corrected chi connectivity index (χ4v) is 2.82. The van der Waals surface area contributed by atoms with Crippen LogP contribution in [0.3, 0.4) is 0 Å². The van der Waals surface area contributed by atoms with Crippen LogP contribution >= 0.6 is 0 Å². The molecule has 0 rings (SSSR count). The molecule has 0 radical (unpaired) electrons. The van der Waals surface area contributed by atoms with Crippen molar-refractivity contribution in [3.8, 4) is 0 Å². The van der Waals surface area contributed by atoms with Gasteiger partial charge < -0.3 is 20.6 Å². The first-order valence-electron chi connectivity index (χ1n) is 10.0. The zero-order valence-corrected chi connectivity index (χ0v) is 16.3. The molecule has 1 atom stereocenters. The summed E-state index contributed by atoms with van der Waals surface area (Å²) in [6, 6.07) is 0. The third-order valence-corrected chi connectivity index (χ3v) is 4.40. The van der Waals surface area contributed by atoms with Crippen LogP contribution in [-0.2, 0) is 9.59 Å². The van der Waals surface area contributed by atoms with E-state index >= 15 is 0 Å². The first-order chi connectivity index (χ1) is 12.5. The maximum atomic E-state index is 11.8. The van der Waals surface area contributed by atoms with E-state index in [2.05, 4.69) is 12.2 Å². The van der Waals surface area contributed by atoms with Crippen molar-refractivity contribution < 1.29 is 24.9 Å². The summed E-state index contributed by atoms with van der Waals surface area (Å²) < 4.78 is 0. The van der Waals surface area contributed by atoms with Crippen LogP contribution in [0.25, 0.3) is 0 Å². The Balaban J connectivity index is 3.60. The highest BCUT2D eigenvalue weighted by Crippen LogP contribution is 2.11. The molecule has 154 valence electrons. The molecule has 0 spiro atoms. The Bertz CT molecular complexity index is 366. The highest BCUT2D eigenvalue weighted by molar-refractivity contribution is 5.75. The number of hydrogen-bond donors (Lipinski definition) is 4. The number of hydrogen-bond acceptors (Lipinski definition) is 5. The lowest BCUT2D eigenvalue weighted by Crippen LogP contribution is -2.45. The molecule has 4 N–H and O–H groups in total. The molecule has 0 aromatic rings. The van der Waals surface area contributed by atoms with Crippen molar-refractivity contribution in [2.24, 2.45) is 0 Å². The first-order valence-corrected chi connectivity index (χ1v) is 10.0. The average molecular weight is 375 g/mol. The second-order valence-corrected chi connectivity index (χ2v) is 6.81. The molecule has 0 fully saturated rings. The lowest BCUT2D eigenvalue weighted by molar-refractivity contribution is -0.142. The van der Waals surface area contributed by atoms with Gasteiger partial charge in [0.15, 0.2) is 0 Å². The van der Waals surface area contributed by atoms with Crippen molar-refractivity contribution >= 4 is 11.9 Å². The van der Waals surface area contributed by atoms with Gasteiger partial charge in [-0.2, -0.15) is 0 Å². The van der Waals surface area contributed by atoms with E-state index in [-0.39, 0.29) is 25.5 Å². The normalized spacial score (nSPS) is 12.3. The maximum absolute atomic E-state index is 11.8. The average Bonchev–Trinajstić information content (AvgIpc) is 2.61. The zero-order valence-electron chi connectivity index (χ0n) is 16.3. The number of amides is 1. The predicted molar refractivity (Wildman–Crippen MR) is 102 cm³/mol. The largest absolute Gasteiger partial charge is 0.480 e. The summed E-state index contributed by atoms with van der Waals surface area (Å²) in [6.45, 7) is 1.73. The Morgan fingerprint density at radius 3 is 2.00 bits per heavy atom. The molecule has 0 aromatic carbocycles. The molecule has 0 aliphatic carbocycles. The van der Waals surface area contributed by atoms with Gasteiger partial charge in [0, 0.05) is 19.5 Å². The Hall–Kier alpha value is -1.18. The van der Waals surface area contributed by atoms with E-state index in [1.54, 1.807) is 0 Å². The van der Waals surface area contributed by atoms with E-state index in [0.29, 0.717) is 6.42 Å². The van der Waals surface area contributed by atoms with E-state index in [0.717, 1.165) is 19.3 Å². The number of aliphatic hydroxyl groups is 2. The second kappa shape index (κ2) is 17.2. The van der Waals surface area contributed by atoms with Crippen molar-refractivity contribution in [1.82, 2.24) is 10.2 Å². The lowest BCUT2D eigenvalue weighted by Gasteiger charge is -2.24. The van der Waals surface area contributed by atoms with Crippen LogP contribution < -0.4 is 5.32 Å². The van der Waals surface area contributed by atoms with Gasteiger partial charge in [-0.1, -0.05) is 64.7 Å². The van der Waals surface area contributed by atoms with Crippen molar-refractivity contribution in [3.05, 3.63) is 0 Å². The second-order valence-electron chi connectivity index (χ2n) is 6.81. The first kappa shape index (κ1) is 24.8. The van der Waals surface area contributed by atoms with Crippen molar-refractivity contribution in [3.63, 3.8) is 0 Å². The SMILES string of the molecule is CCCCCCCCCCCCC(=O)NCCN(CC(=O)O)C(O)CO. The number of aliphatic hydroxyl groups excluding tert-OH is 2. The summed E-state index contributed by atoms with van der Waals surface area (Å²) in [5.41, 5.74) is 0. The molecule has 7 nitrogen and oxygen atoms in total. The van der Waals surface area contributed by atoms with E-state index in [4.69, 9.17) is 10.2 Å². The Morgan fingerprint density at radius 2 is 1.50 bits per heavy atom. The van der Waals surface area contributed by atoms with Crippen LogP contribution in [0.1, 0.15) is 77.6 Å². The van der Waals surface area contributed by atoms with Crippen molar-refractivity contribution in [1.29, 1.82) is 0 Å². The van der Waals surface area contributed by atoms with Gasteiger partial charge in [-0.05, 0) is 6.42 Å². The van der Waals surface area contributed by atoms with Gasteiger partial charge in [-0.3, -0.25) is 14.5 Å². The summed E-state index contributed by atoms with van der Waals surface area (Å²) in [5.74, 6) is -1.15. The fraction of sp³-hybridized carbons (Fsp3) is 0.895. The molecule has 0 heterocycles. The number of nitrogens with zero attached hydrogens (tertiary/aromatic N) is 1. The molecular formula is C19H38N2O5. The Labute approximate surface area is 157 Å². The van der Waals surface area contributed by atoms with Crippen molar-refractivity contribution in [2.75, 3.05) is 26.2 Å². The summed E-state index contributed by atoms with van der Waals surface area (Å²) >= 11 is 0. The van der Waals surface area contributed by atoms with E-state index < -0.39 is 18.8 Å². The Morgan fingerprint density at radius 1 is 0.962 bits per heavy atom. The number of carboxylic acids is 1.